The van der Waals surface area contributed by atoms with Crippen LogP contribution in [0, 0.1) is 0 Å². The maximum absolute atomic E-state index is 11.9. The molecule has 19 heavy (non-hydrogen) atoms. The summed E-state index contributed by atoms with van der Waals surface area (Å²) in [5.74, 6) is 0. The second-order valence-electron chi connectivity index (χ2n) is 4.91. The fourth-order valence-corrected chi connectivity index (χ4v) is 1.95. The molecule has 0 spiro atoms. The van der Waals surface area contributed by atoms with E-state index in [0.717, 1.165) is 11.0 Å². The van der Waals surface area contributed by atoms with E-state index in [-0.39, 0.29) is 12.1 Å². The van der Waals surface area contributed by atoms with Crippen LogP contribution in [0.5, 0.6) is 0 Å². The molecule has 0 aliphatic heterocycles. The third-order valence-electron chi connectivity index (χ3n) is 2.91. The Morgan fingerprint density at radius 1 is 1.37 bits per heavy atom. The Hall–Kier alpha value is -1.72. The van der Waals surface area contributed by atoms with Gasteiger partial charge in [-0.3, -0.25) is 4.79 Å². The van der Waals surface area contributed by atoms with Gasteiger partial charge in [-0.1, -0.05) is 26.0 Å². The molecule has 0 bridgehead atoms. The Labute approximate surface area is 111 Å². The molecular formula is C14H19N3O2. The van der Waals surface area contributed by atoms with Crippen molar-refractivity contribution in [3.63, 3.8) is 0 Å². The summed E-state index contributed by atoms with van der Waals surface area (Å²) in [7, 11) is 0. The largest absolute Gasteiger partial charge is 0.390 e. The molecule has 1 aromatic carbocycles. The normalized spacial score (nSPS) is 13.1. The Balaban J connectivity index is 2.24. The minimum Gasteiger partial charge on any atom is -0.390 e. The van der Waals surface area contributed by atoms with E-state index < -0.39 is 6.10 Å². The van der Waals surface area contributed by atoms with Gasteiger partial charge in [0.25, 0.3) is 5.56 Å². The zero-order valence-corrected chi connectivity index (χ0v) is 11.2. The maximum atomic E-state index is 11.9. The molecule has 2 rings (SSSR count). The van der Waals surface area contributed by atoms with Gasteiger partial charge in [0.05, 0.1) is 29.9 Å². The molecule has 5 nitrogen and oxygen atoms in total. The first-order valence-corrected chi connectivity index (χ1v) is 6.44. The van der Waals surface area contributed by atoms with Gasteiger partial charge in [0.2, 0.25) is 0 Å². The van der Waals surface area contributed by atoms with Crippen molar-refractivity contribution in [2.24, 2.45) is 0 Å². The molecule has 0 saturated heterocycles. The summed E-state index contributed by atoms with van der Waals surface area (Å²) < 4.78 is 1.56. The minimum atomic E-state index is -0.606. The molecule has 0 amide bonds. The molecule has 1 unspecified atom stereocenters. The number of nitrogens with one attached hydrogen (secondary N) is 1. The highest BCUT2D eigenvalue weighted by atomic mass is 16.3. The van der Waals surface area contributed by atoms with Crippen LogP contribution in [-0.2, 0) is 6.54 Å². The molecular weight excluding hydrogens is 242 g/mol. The van der Waals surface area contributed by atoms with Crippen LogP contribution in [0.4, 0.5) is 0 Å². The van der Waals surface area contributed by atoms with Gasteiger partial charge < -0.3 is 15.0 Å². The summed E-state index contributed by atoms with van der Waals surface area (Å²) in [6, 6.07) is 7.73. The van der Waals surface area contributed by atoms with Gasteiger partial charge in [0, 0.05) is 12.6 Å². The molecule has 0 radical (unpaired) electrons. The summed E-state index contributed by atoms with van der Waals surface area (Å²) >= 11 is 0. The average Bonchev–Trinajstić information content (AvgIpc) is 2.40. The topological polar surface area (TPSA) is 67.2 Å². The third-order valence-corrected chi connectivity index (χ3v) is 2.91. The first-order valence-electron chi connectivity index (χ1n) is 6.44. The summed E-state index contributed by atoms with van der Waals surface area (Å²) in [5.41, 5.74) is 1.31. The zero-order valence-electron chi connectivity index (χ0n) is 11.2. The predicted molar refractivity (Wildman–Crippen MR) is 75.1 cm³/mol. The van der Waals surface area contributed by atoms with Crippen LogP contribution in [-0.4, -0.2) is 33.3 Å². The Kier molecular flexibility index (Phi) is 4.29. The van der Waals surface area contributed by atoms with Crippen LogP contribution in [0.1, 0.15) is 13.8 Å². The molecule has 1 aromatic heterocycles. The predicted octanol–water partition coefficient (Wildman–Crippen LogP) is 0.755. The molecule has 5 heteroatoms. The molecule has 2 aromatic rings. The quantitative estimate of drug-likeness (QED) is 0.833. The zero-order chi connectivity index (χ0) is 13.8. The number of hydrogen-bond donors (Lipinski definition) is 2. The lowest BCUT2D eigenvalue weighted by atomic mass is 10.2. The number of aromatic nitrogens is 2. The first kappa shape index (κ1) is 13.7. The number of fused-ring (bicyclic) bond motifs is 1. The van der Waals surface area contributed by atoms with Crippen molar-refractivity contribution in [2.75, 3.05) is 6.54 Å². The van der Waals surface area contributed by atoms with Crippen LogP contribution < -0.4 is 10.9 Å². The van der Waals surface area contributed by atoms with Crippen molar-refractivity contribution < 1.29 is 5.11 Å². The van der Waals surface area contributed by atoms with E-state index in [0.29, 0.717) is 12.6 Å². The third kappa shape index (κ3) is 3.39. The smallest absolute Gasteiger partial charge is 0.269 e. The SMILES string of the molecule is CC(C)NCC(O)Cn1c(=O)cnc2ccccc21. The van der Waals surface area contributed by atoms with Crippen LogP contribution in [0.25, 0.3) is 11.0 Å². The summed E-state index contributed by atoms with van der Waals surface area (Å²) in [6.45, 7) is 4.75. The van der Waals surface area contributed by atoms with Gasteiger partial charge in [-0.2, -0.15) is 0 Å². The maximum Gasteiger partial charge on any atom is 0.269 e. The van der Waals surface area contributed by atoms with Crippen LogP contribution >= 0.6 is 0 Å². The molecule has 0 saturated carbocycles. The molecule has 0 aliphatic carbocycles. The average molecular weight is 261 g/mol. The van der Waals surface area contributed by atoms with E-state index in [1.807, 2.05) is 38.1 Å². The first-order chi connectivity index (χ1) is 9.08. The fourth-order valence-electron chi connectivity index (χ4n) is 1.95. The van der Waals surface area contributed by atoms with E-state index in [4.69, 9.17) is 0 Å². The standard InChI is InChI=1S/C14H19N3O2/c1-10(2)15-7-11(18)9-17-13-6-4-3-5-12(13)16-8-14(17)19/h3-6,8,10-11,15,18H,7,9H2,1-2H3. The number of rotatable bonds is 5. The van der Waals surface area contributed by atoms with E-state index in [2.05, 4.69) is 10.3 Å². The Bertz CT molecular complexity index is 607. The summed E-state index contributed by atoms with van der Waals surface area (Å²) in [4.78, 5) is 16.0. The van der Waals surface area contributed by atoms with Gasteiger partial charge in [-0.05, 0) is 12.1 Å². The monoisotopic (exact) mass is 261 g/mol. The number of hydrogen-bond acceptors (Lipinski definition) is 4. The van der Waals surface area contributed by atoms with Crippen molar-refractivity contribution in [3.05, 3.63) is 40.8 Å². The van der Waals surface area contributed by atoms with Crippen LogP contribution in [0.3, 0.4) is 0 Å². The van der Waals surface area contributed by atoms with E-state index in [1.165, 1.54) is 6.20 Å². The van der Waals surface area contributed by atoms with E-state index in [1.54, 1.807) is 4.57 Å². The highest BCUT2D eigenvalue weighted by Crippen LogP contribution is 2.08. The number of nitrogens with zero attached hydrogens (tertiary/aromatic N) is 2. The highest BCUT2D eigenvalue weighted by molar-refractivity contribution is 5.74. The van der Waals surface area contributed by atoms with Crippen molar-refractivity contribution >= 4 is 11.0 Å². The molecule has 0 fully saturated rings. The molecule has 1 heterocycles. The van der Waals surface area contributed by atoms with Crippen LogP contribution in [0.15, 0.2) is 35.3 Å². The number of benzene rings is 1. The van der Waals surface area contributed by atoms with Gasteiger partial charge >= 0.3 is 0 Å². The number of aliphatic hydroxyl groups is 1. The Morgan fingerprint density at radius 2 is 2.11 bits per heavy atom. The Morgan fingerprint density at radius 3 is 2.84 bits per heavy atom. The number of aliphatic hydroxyl groups excluding tert-OH is 1. The summed E-state index contributed by atoms with van der Waals surface area (Å²) in [5, 5.41) is 13.1. The van der Waals surface area contributed by atoms with Crippen LogP contribution in [0.2, 0.25) is 0 Å². The minimum absolute atomic E-state index is 0.192. The second kappa shape index (κ2) is 5.95. The van der Waals surface area contributed by atoms with Crippen molar-refractivity contribution in [1.82, 2.24) is 14.9 Å². The lowest BCUT2D eigenvalue weighted by Gasteiger charge is -2.16. The van der Waals surface area contributed by atoms with Crippen molar-refractivity contribution in [2.45, 2.75) is 32.5 Å². The highest BCUT2D eigenvalue weighted by Gasteiger charge is 2.10. The molecule has 0 aliphatic rings. The molecule has 102 valence electrons. The van der Waals surface area contributed by atoms with Gasteiger partial charge in [-0.15, -0.1) is 0 Å². The fraction of sp³-hybridized carbons (Fsp3) is 0.429. The second-order valence-corrected chi connectivity index (χ2v) is 4.91. The van der Waals surface area contributed by atoms with Gasteiger partial charge in [-0.25, -0.2) is 4.98 Å². The van der Waals surface area contributed by atoms with E-state index >= 15 is 0 Å². The lowest BCUT2D eigenvalue weighted by molar-refractivity contribution is 0.149. The molecule has 2 N–H and O–H groups in total. The van der Waals surface area contributed by atoms with Gasteiger partial charge in [0.15, 0.2) is 0 Å². The molecule has 1 atom stereocenters. The summed E-state index contributed by atoms with van der Waals surface area (Å²) in [6.07, 6.45) is 0.691. The number of para-hydroxylation sites is 2. The van der Waals surface area contributed by atoms with Gasteiger partial charge in [0.1, 0.15) is 0 Å². The lowest BCUT2D eigenvalue weighted by Crippen LogP contribution is -2.36. The van der Waals surface area contributed by atoms with Crippen molar-refractivity contribution in [3.8, 4) is 0 Å². The van der Waals surface area contributed by atoms with Crippen molar-refractivity contribution in [1.29, 1.82) is 0 Å². The van der Waals surface area contributed by atoms with E-state index in [9.17, 15) is 9.90 Å².